The Morgan fingerprint density at radius 3 is 2.52 bits per heavy atom. The zero-order valence-electron chi connectivity index (χ0n) is 13.5. The first-order chi connectivity index (χ1) is 11.0. The largest absolute Gasteiger partial charge is 0.465 e. The molecule has 0 unspecified atom stereocenters. The minimum Gasteiger partial charge on any atom is -0.465 e. The lowest BCUT2D eigenvalue weighted by Gasteiger charge is -2.15. The normalized spacial score (nSPS) is 10.0. The molecule has 0 amide bonds. The van der Waals surface area contributed by atoms with Gasteiger partial charge in [-0.1, -0.05) is 31.2 Å². The van der Waals surface area contributed by atoms with Gasteiger partial charge in [-0.3, -0.25) is 0 Å². The summed E-state index contributed by atoms with van der Waals surface area (Å²) in [6.45, 7) is 4.05. The molecule has 0 aliphatic rings. The van der Waals surface area contributed by atoms with Crippen LogP contribution in [0, 0.1) is 6.92 Å². The van der Waals surface area contributed by atoms with Gasteiger partial charge in [0, 0.05) is 11.4 Å². The molecule has 4 nitrogen and oxygen atoms in total. The maximum atomic E-state index is 11.6. The van der Waals surface area contributed by atoms with E-state index in [4.69, 9.17) is 17.0 Å². The molecule has 0 spiro atoms. The highest BCUT2D eigenvalue weighted by Crippen LogP contribution is 2.19. The molecule has 0 aliphatic heterocycles. The molecule has 0 saturated heterocycles. The summed E-state index contributed by atoms with van der Waals surface area (Å²) in [4.78, 5) is 11.6. The molecule has 2 rings (SSSR count). The zero-order chi connectivity index (χ0) is 16.8. The van der Waals surface area contributed by atoms with Gasteiger partial charge >= 0.3 is 5.97 Å². The van der Waals surface area contributed by atoms with Crippen molar-refractivity contribution >= 4 is 34.7 Å². The number of thiocarbonyl (C=S) groups is 1. The number of carbonyl (C=O) groups excluding carboxylic acids is 1. The number of rotatable bonds is 4. The molecular weight excluding hydrogens is 308 g/mol. The van der Waals surface area contributed by atoms with Crippen molar-refractivity contribution in [1.29, 1.82) is 0 Å². The monoisotopic (exact) mass is 328 g/mol. The van der Waals surface area contributed by atoms with Gasteiger partial charge in [0.15, 0.2) is 5.11 Å². The molecule has 0 atom stereocenters. The highest BCUT2D eigenvalue weighted by atomic mass is 32.1. The number of hydrogen-bond acceptors (Lipinski definition) is 3. The van der Waals surface area contributed by atoms with E-state index in [1.54, 1.807) is 12.1 Å². The fraction of sp³-hybridized carbons (Fsp3) is 0.222. The topological polar surface area (TPSA) is 50.4 Å². The average molecular weight is 328 g/mol. The van der Waals surface area contributed by atoms with Crippen LogP contribution in [0.2, 0.25) is 0 Å². The third kappa shape index (κ3) is 4.29. The summed E-state index contributed by atoms with van der Waals surface area (Å²) in [5.41, 5.74) is 4.42. The van der Waals surface area contributed by atoms with E-state index >= 15 is 0 Å². The summed E-state index contributed by atoms with van der Waals surface area (Å²) in [7, 11) is 1.36. The van der Waals surface area contributed by atoms with E-state index in [-0.39, 0.29) is 5.97 Å². The molecule has 0 bridgehead atoms. The Bertz CT molecular complexity index is 729. The molecule has 120 valence electrons. The molecule has 0 fully saturated rings. The van der Waals surface area contributed by atoms with Gasteiger partial charge in [-0.25, -0.2) is 4.79 Å². The fourth-order valence-electron chi connectivity index (χ4n) is 2.23. The Labute approximate surface area is 141 Å². The van der Waals surface area contributed by atoms with Crippen LogP contribution < -0.4 is 10.6 Å². The van der Waals surface area contributed by atoms with Crippen molar-refractivity contribution in [3.05, 3.63) is 59.2 Å². The van der Waals surface area contributed by atoms with E-state index in [0.29, 0.717) is 10.7 Å². The van der Waals surface area contributed by atoms with E-state index in [1.165, 1.54) is 12.7 Å². The van der Waals surface area contributed by atoms with Crippen molar-refractivity contribution in [2.24, 2.45) is 0 Å². The van der Waals surface area contributed by atoms with Gasteiger partial charge < -0.3 is 15.4 Å². The van der Waals surface area contributed by atoms with Crippen molar-refractivity contribution in [2.75, 3.05) is 17.7 Å². The summed E-state index contributed by atoms with van der Waals surface area (Å²) < 4.78 is 4.75. The van der Waals surface area contributed by atoms with Gasteiger partial charge in [-0.15, -0.1) is 0 Å². The highest BCUT2D eigenvalue weighted by molar-refractivity contribution is 7.80. The standard InChI is InChI=1S/C18H20N2O2S/c1-4-13-7-5-6-8-15(13)19-18(23)20-16-11-14(17(21)22-3)10-9-12(16)2/h5-11H,4H2,1-3H3,(H2,19,20,23). The lowest BCUT2D eigenvalue weighted by molar-refractivity contribution is 0.0601. The molecule has 0 aliphatic carbocycles. The van der Waals surface area contributed by atoms with Gasteiger partial charge in [0.25, 0.3) is 0 Å². The van der Waals surface area contributed by atoms with Crippen LogP contribution in [-0.2, 0) is 11.2 Å². The maximum Gasteiger partial charge on any atom is 0.337 e. The number of anilines is 2. The van der Waals surface area contributed by atoms with E-state index in [0.717, 1.165) is 23.4 Å². The second-order valence-corrected chi connectivity index (χ2v) is 5.52. The second-order valence-electron chi connectivity index (χ2n) is 5.11. The molecule has 2 N–H and O–H groups in total. The quantitative estimate of drug-likeness (QED) is 0.652. The number of aryl methyl sites for hydroxylation is 2. The van der Waals surface area contributed by atoms with Gasteiger partial charge in [-0.2, -0.15) is 0 Å². The SMILES string of the molecule is CCc1ccccc1NC(=S)Nc1cc(C(=O)OC)ccc1C. The Morgan fingerprint density at radius 1 is 1.13 bits per heavy atom. The Kier molecular flexibility index (Phi) is 5.71. The van der Waals surface area contributed by atoms with Crippen molar-refractivity contribution in [3.63, 3.8) is 0 Å². The molecule has 2 aromatic rings. The van der Waals surface area contributed by atoms with Crippen LogP contribution in [0.4, 0.5) is 11.4 Å². The van der Waals surface area contributed by atoms with Gasteiger partial charge in [0.2, 0.25) is 0 Å². The van der Waals surface area contributed by atoms with Crippen molar-refractivity contribution in [3.8, 4) is 0 Å². The number of nitrogens with one attached hydrogen (secondary N) is 2. The minimum absolute atomic E-state index is 0.372. The number of esters is 1. The van der Waals surface area contributed by atoms with Crippen LogP contribution in [0.5, 0.6) is 0 Å². The molecule has 23 heavy (non-hydrogen) atoms. The van der Waals surface area contributed by atoms with Crippen molar-refractivity contribution < 1.29 is 9.53 Å². The third-order valence-electron chi connectivity index (χ3n) is 3.55. The number of ether oxygens (including phenoxy) is 1. The molecule has 2 aromatic carbocycles. The predicted octanol–water partition coefficient (Wildman–Crippen LogP) is 4.15. The van der Waals surface area contributed by atoms with Crippen LogP contribution in [0.15, 0.2) is 42.5 Å². The summed E-state index contributed by atoms with van der Waals surface area (Å²) >= 11 is 5.38. The Hall–Kier alpha value is -2.40. The van der Waals surface area contributed by atoms with E-state index in [9.17, 15) is 4.79 Å². The molecular formula is C18H20N2O2S. The molecule has 0 aromatic heterocycles. The Balaban J connectivity index is 2.15. The van der Waals surface area contributed by atoms with Crippen molar-refractivity contribution in [2.45, 2.75) is 20.3 Å². The first-order valence-corrected chi connectivity index (χ1v) is 7.80. The maximum absolute atomic E-state index is 11.6. The highest BCUT2D eigenvalue weighted by Gasteiger charge is 2.09. The number of methoxy groups -OCH3 is 1. The first kappa shape index (κ1) is 17.0. The Morgan fingerprint density at radius 2 is 1.83 bits per heavy atom. The average Bonchev–Trinajstić information content (AvgIpc) is 2.56. The van der Waals surface area contributed by atoms with Crippen LogP contribution in [0.25, 0.3) is 0 Å². The first-order valence-electron chi connectivity index (χ1n) is 7.40. The number of carbonyl (C=O) groups is 1. The zero-order valence-corrected chi connectivity index (χ0v) is 14.3. The van der Waals surface area contributed by atoms with Crippen LogP contribution in [0.3, 0.4) is 0 Å². The summed E-state index contributed by atoms with van der Waals surface area (Å²) in [6, 6.07) is 13.4. The molecule has 0 heterocycles. The lowest BCUT2D eigenvalue weighted by Crippen LogP contribution is -2.20. The van der Waals surface area contributed by atoms with Gasteiger partial charge in [0.1, 0.15) is 0 Å². The third-order valence-corrected chi connectivity index (χ3v) is 3.76. The second kappa shape index (κ2) is 7.74. The van der Waals surface area contributed by atoms with Crippen LogP contribution in [0.1, 0.15) is 28.4 Å². The van der Waals surface area contributed by atoms with Crippen molar-refractivity contribution in [1.82, 2.24) is 0 Å². The minimum atomic E-state index is -0.372. The predicted molar refractivity (Wildman–Crippen MR) is 98.2 cm³/mol. The summed E-state index contributed by atoms with van der Waals surface area (Å²) in [6.07, 6.45) is 0.919. The molecule has 0 saturated carbocycles. The van der Waals surface area contributed by atoms with Gasteiger partial charge in [-0.05, 0) is 54.9 Å². The summed E-state index contributed by atoms with van der Waals surface area (Å²) in [5.74, 6) is -0.372. The lowest BCUT2D eigenvalue weighted by atomic mass is 10.1. The molecule has 0 radical (unpaired) electrons. The fourth-order valence-corrected chi connectivity index (χ4v) is 2.45. The van der Waals surface area contributed by atoms with E-state index < -0.39 is 0 Å². The molecule has 5 heteroatoms. The number of benzene rings is 2. The summed E-state index contributed by atoms with van der Waals surface area (Å²) in [5, 5.41) is 6.83. The van der Waals surface area contributed by atoms with Gasteiger partial charge in [0.05, 0.1) is 12.7 Å². The van der Waals surface area contributed by atoms with E-state index in [1.807, 2.05) is 31.2 Å². The van der Waals surface area contributed by atoms with E-state index in [2.05, 4.69) is 23.6 Å². The smallest absolute Gasteiger partial charge is 0.337 e. The number of para-hydroxylation sites is 1. The van der Waals surface area contributed by atoms with Crippen LogP contribution in [-0.4, -0.2) is 18.2 Å². The van der Waals surface area contributed by atoms with Crippen LogP contribution >= 0.6 is 12.2 Å². The number of hydrogen-bond donors (Lipinski definition) is 2.